The molecule has 188 valence electrons. The van der Waals surface area contributed by atoms with Crippen molar-refractivity contribution in [2.75, 3.05) is 13.1 Å². The van der Waals surface area contributed by atoms with Crippen LogP contribution in [-0.2, 0) is 14.4 Å². The van der Waals surface area contributed by atoms with E-state index < -0.39 is 42.0 Å². The van der Waals surface area contributed by atoms with Gasteiger partial charge in [0.15, 0.2) is 17.8 Å². The molecule has 2 unspecified atom stereocenters. The quantitative estimate of drug-likeness (QED) is 0.101. The van der Waals surface area contributed by atoms with Gasteiger partial charge in [0, 0.05) is 31.2 Å². The maximum absolute atomic E-state index is 12.8. The molecule has 0 aliphatic carbocycles. The Kier molecular flexibility index (Phi) is 9.58. The van der Waals surface area contributed by atoms with Crippen LogP contribution in [0.5, 0.6) is 0 Å². The fourth-order valence-electron chi connectivity index (χ4n) is 3.58. The van der Waals surface area contributed by atoms with Crippen LogP contribution < -0.4 is 22.1 Å². The minimum Gasteiger partial charge on any atom is -0.563 e. The monoisotopic (exact) mass is 483 g/mol. The third-order valence-electron chi connectivity index (χ3n) is 5.15. The maximum atomic E-state index is 12.8. The predicted molar refractivity (Wildman–Crippen MR) is 117 cm³/mol. The lowest BCUT2D eigenvalue weighted by molar-refractivity contribution is -0.141. The molecular formula is C19H31N8O7+. The van der Waals surface area contributed by atoms with Gasteiger partial charge in [0.25, 0.3) is 0 Å². The molecule has 3 amide bonds. The highest BCUT2D eigenvalue weighted by atomic mass is 16.5. The van der Waals surface area contributed by atoms with Crippen LogP contribution in [0.2, 0.25) is 0 Å². The number of amides is 3. The molecule has 0 spiro atoms. The minimum atomic E-state index is -1.05. The topological polar surface area (TPSA) is 242 Å². The minimum absolute atomic E-state index is 0.0340. The van der Waals surface area contributed by atoms with E-state index in [4.69, 9.17) is 26.2 Å². The first-order valence-corrected chi connectivity index (χ1v) is 10.8. The van der Waals surface area contributed by atoms with Gasteiger partial charge in [-0.25, -0.2) is 4.79 Å². The van der Waals surface area contributed by atoms with Crippen molar-refractivity contribution in [1.82, 2.24) is 25.7 Å². The maximum Gasteiger partial charge on any atom is 0.538 e. The second-order valence-electron chi connectivity index (χ2n) is 7.84. The Morgan fingerprint density at radius 3 is 2.62 bits per heavy atom. The normalized spacial score (nSPS) is 17.0. The molecule has 34 heavy (non-hydrogen) atoms. The highest BCUT2D eigenvalue weighted by Crippen LogP contribution is 2.23. The van der Waals surface area contributed by atoms with Gasteiger partial charge < -0.3 is 41.7 Å². The van der Waals surface area contributed by atoms with Crippen molar-refractivity contribution in [2.45, 2.75) is 63.6 Å². The van der Waals surface area contributed by atoms with Gasteiger partial charge in [-0.2, -0.15) is 4.98 Å². The van der Waals surface area contributed by atoms with Crippen molar-refractivity contribution < 1.29 is 33.9 Å². The van der Waals surface area contributed by atoms with Crippen molar-refractivity contribution in [2.24, 2.45) is 16.5 Å². The molecule has 0 bridgehead atoms. The highest BCUT2D eigenvalue weighted by molar-refractivity contribution is 5.83. The SMILES string of the molecule is CC(=O)N[C@@H](CCC(=O)O)c1noc(C(CCCN=C(N)N)NC(=O)N2CCCC2C(=O)[OH2+])n1. The molecule has 1 aromatic heterocycles. The summed E-state index contributed by atoms with van der Waals surface area (Å²) in [5, 5.41) is 25.5. The molecule has 0 saturated carbocycles. The number of nitrogens with one attached hydrogen (secondary N) is 2. The Hall–Kier alpha value is -3.91. The van der Waals surface area contributed by atoms with Crippen molar-refractivity contribution in [3.63, 3.8) is 0 Å². The number of aromatic nitrogens is 2. The Labute approximate surface area is 194 Å². The number of carboxylic acids is 1. The summed E-state index contributed by atoms with van der Waals surface area (Å²) in [6.07, 6.45) is 1.57. The molecular weight excluding hydrogens is 452 g/mol. The lowest BCUT2D eigenvalue weighted by Gasteiger charge is -2.23. The van der Waals surface area contributed by atoms with Crippen LogP contribution in [0.25, 0.3) is 0 Å². The summed E-state index contributed by atoms with van der Waals surface area (Å²) in [7, 11) is 0. The van der Waals surface area contributed by atoms with Crippen LogP contribution in [0.4, 0.5) is 4.79 Å². The van der Waals surface area contributed by atoms with Gasteiger partial charge in [-0.1, -0.05) is 5.16 Å². The first-order valence-electron chi connectivity index (χ1n) is 10.8. The summed E-state index contributed by atoms with van der Waals surface area (Å²) in [5.74, 6) is -2.27. The molecule has 15 nitrogen and oxygen atoms in total. The zero-order valence-electron chi connectivity index (χ0n) is 18.8. The van der Waals surface area contributed by atoms with Gasteiger partial charge in [0.1, 0.15) is 6.04 Å². The number of carbonyl (C=O) groups excluding carboxylic acids is 3. The Morgan fingerprint density at radius 1 is 1.26 bits per heavy atom. The molecule has 2 rings (SSSR count). The first-order chi connectivity index (χ1) is 16.1. The molecule has 9 N–H and O–H groups in total. The number of likely N-dealkylation sites (tertiary alicyclic amines) is 1. The fourth-order valence-corrected chi connectivity index (χ4v) is 3.58. The third kappa shape index (κ3) is 7.90. The second kappa shape index (κ2) is 12.4. The van der Waals surface area contributed by atoms with Gasteiger partial charge in [0.05, 0.1) is 6.04 Å². The summed E-state index contributed by atoms with van der Waals surface area (Å²) in [4.78, 5) is 56.4. The summed E-state index contributed by atoms with van der Waals surface area (Å²) >= 11 is 0. The summed E-state index contributed by atoms with van der Waals surface area (Å²) in [6, 6.07) is -2.95. The van der Waals surface area contributed by atoms with E-state index in [1.165, 1.54) is 11.8 Å². The fraction of sp³-hybridized carbons (Fsp3) is 0.632. The van der Waals surface area contributed by atoms with E-state index in [9.17, 15) is 19.2 Å². The van der Waals surface area contributed by atoms with Crippen LogP contribution >= 0.6 is 0 Å². The zero-order valence-corrected chi connectivity index (χ0v) is 18.8. The van der Waals surface area contributed by atoms with E-state index in [2.05, 4.69) is 25.8 Å². The summed E-state index contributed by atoms with van der Waals surface area (Å²) in [5.41, 5.74) is 10.7. The molecule has 1 aromatic rings. The average molecular weight is 484 g/mol. The van der Waals surface area contributed by atoms with Crippen LogP contribution in [0, 0.1) is 0 Å². The van der Waals surface area contributed by atoms with Crippen LogP contribution in [0.15, 0.2) is 9.52 Å². The Bertz CT molecular complexity index is 914. The van der Waals surface area contributed by atoms with E-state index in [1.54, 1.807) is 0 Å². The zero-order chi connectivity index (χ0) is 25.3. The van der Waals surface area contributed by atoms with E-state index in [0.29, 0.717) is 32.2 Å². The first kappa shape index (κ1) is 26.3. The number of aliphatic carboxylic acids is 1. The molecule has 0 aromatic carbocycles. The van der Waals surface area contributed by atoms with E-state index >= 15 is 0 Å². The van der Waals surface area contributed by atoms with E-state index in [-0.39, 0.29) is 37.1 Å². The number of hydrogen-bond donors (Lipinski definition) is 5. The number of aliphatic imine (C=N–C) groups is 1. The number of carboxylic acid groups (broad SMARTS) is 1. The largest absolute Gasteiger partial charge is 0.563 e. The smallest absolute Gasteiger partial charge is 0.538 e. The Morgan fingerprint density at radius 2 is 2.00 bits per heavy atom. The lowest BCUT2D eigenvalue weighted by Crippen LogP contribution is -2.47. The predicted octanol–water partition coefficient (Wildman–Crippen LogP) is -1.37. The molecule has 1 aliphatic rings. The van der Waals surface area contributed by atoms with E-state index in [1.807, 2.05) is 0 Å². The number of carbonyl (C=O) groups is 4. The van der Waals surface area contributed by atoms with E-state index in [0.717, 1.165) is 0 Å². The molecule has 0 radical (unpaired) electrons. The number of guanidine groups is 1. The molecule has 1 fully saturated rings. The van der Waals surface area contributed by atoms with Crippen molar-refractivity contribution in [3.8, 4) is 0 Å². The molecule has 3 atom stereocenters. The van der Waals surface area contributed by atoms with Gasteiger partial charge >= 0.3 is 18.0 Å². The van der Waals surface area contributed by atoms with Crippen LogP contribution in [0.3, 0.4) is 0 Å². The van der Waals surface area contributed by atoms with Crippen molar-refractivity contribution in [1.29, 1.82) is 0 Å². The average Bonchev–Trinajstić information content (AvgIpc) is 3.42. The highest BCUT2D eigenvalue weighted by Gasteiger charge is 2.39. The number of nitrogens with two attached hydrogens (primary N) is 2. The van der Waals surface area contributed by atoms with Gasteiger partial charge in [-0.15, -0.1) is 0 Å². The molecule has 2 heterocycles. The molecule has 15 heteroatoms. The van der Waals surface area contributed by atoms with Gasteiger partial charge in [-0.05, 0) is 32.1 Å². The third-order valence-corrected chi connectivity index (χ3v) is 5.15. The number of rotatable bonds is 12. The summed E-state index contributed by atoms with van der Waals surface area (Å²) < 4.78 is 5.33. The second-order valence-corrected chi connectivity index (χ2v) is 7.84. The van der Waals surface area contributed by atoms with Crippen LogP contribution in [0.1, 0.15) is 69.2 Å². The lowest BCUT2D eigenvalue weighted by atomic mass is 10.1. The number of nitrogens with zero attached hydrogens (tertiary/aromatic N) is 4. The van der Waals surface area contributed by atoms with Crippen LogP contribution in [-0.4, -0.2) is 74.2 Å². The van der Waals surface area contributed by atoms with Crippen molar-refractivity contribution in [3.05, 3.63) is 11.7 Å². The van der Waals surface area contributed by atoms with Gasteiger partial charge in [0.2, 0.25) is 11.8 Å². The number of urea groups is 1. The molecule has 1 saturated heterocycles. The van der Waals surface area contributed by atoms with Gasteiger partial charge in [-0.3, -0.25) is 14.6 Å². The standard InChI is InChI=1S/C19H30N8O7/c1-10(28)23-11(6-7-14(29)30)15-25-16(34-26-15)12(4-2-8-22-18(20)21)24-19(33)27-9-3-5-13(27)17(31)32/h11-13H,2-9H2,1H3,(H,23,28)(H,24,33)(H,29,30)(H,31,32)(H4,20,21,22)/p+1/t11-,12?,13?/m0/s1. The molecule has 1 aliphatic heterocycles. The summed E-state index contributed by atoms with van der Waals surface area (Å²) in [6.45, 7) is 1.89. The number of hydrogen-bond acceptors (Lipinski definition) is 8. The Balaban J connectivity index is 2.20. The van der Waals surface area contributed by atoms with Crippen molar-refractivity contribution >= 4 is 29.8 Å².